The number of nitro groups is 1. The lowest BCUT2D eigenvalue weighted by atomic mass is 10.2. The van der Waals surface area contributed by atoms with Gasteiger partial charge in [-0.15, -0.1) is 0 Å². The molecule has 2 N–H and O–H groups in total. The smallest absolute Gasteiger partial charge is 0.282 e. The zero-order valence-electron chi connectivity index (χ0n) is 10.3. The van der Waals surface area contributed by atoms with Crippen molar-refractivity contribution in [1.82, 2.24) is 10.9 Å². The van der Waals surface area contributed by atoms with Gasteiger partial charge < -0.3 is 4.42 Å². The number of furan rings is 1. The molecule has 1 aromatic heterocycles. The largest absolute Gasteiger partial charge is 0.463 e. The Kier molecular flexibility index (Phi) is 3.80. The molecule has 20 heavy (non-hydrogen) atoms. The van der Waals surface area contributed by atoms with E-state index in [2.05, 4.69) is 17.4 Å². The van der Waals surface area contributed by atoms with Gasteiger partial charge in [-0.25, -0.2) is 0 Å². The maximum absolute atomic E-state index is 11.9. The Labute approximate surface area is 114 Å². The van der Waals surface area contributed by atoms with Gasteiger partial charge in [-0.1, -0.05) is 18.7 Å². The molecule has 0 aliphatic rings. The van der Waals surface area contributed by atoms with Crippen molar-refractivity contribution in [1.29, 1.82) is 0 Å². The second-order valence-electron chi connectivity index (χ2n) is 3.81. The molecule has 0 radical (unpaired) electrons. The van der Waals surface area contributed by atoms with Crippen LogP contribution in [-0.2, 0) is 0 Å². The molecule has 1 aromatic carbocycles. The minimum atomic E-state index is -0.634. The summed E-state index contributed by atoms with van der Waals surface area (Å²) >= 11 is 0. The lowest BCUT2D eigenvalue weighted by molar-refractivity contribution is -0.385. The van der Waals surface area contributed by atoms with Gasteiger partial charge in [0.1, 0.15) is 5.56 Å². The first-order chi connectivity index (χ1) is 9.59. The minimum absolute atomic E-state index is 0.0442. The average molecular weight is 273 g/mol. The number of rotatable bonds is 5. The zero-order chi connectivity index (χ0) is 14.5. The molecule has 7 heteroatoms. The van der Waals surface area contributed by atoms with Crippen LogP contribution in [0.1, 0.15) is 16.1 Å². The molecule has 7 nitrogen and oxygen atoms in total. The van der Waals surface area contributed by atoms with Crippen LogP contribution in [0, 0.1) is 10.1 Å². The molecule has 0 aliphatic carbocycles. The molecule has 0 spiro atoms. The monoisotopic (exact) mass is 273 g/mol. The third-order valence-corrected chi connectivity index (χ3v) is 2.49. The Bertz CT molecular complexity index is 649. The van der Waals surface area contributed by atoms with Gasteiger partial charge in [0.2, 0.25) is 0 Å². The van der Waals surface area contributed by atoms with E-state index >= 15 is 0 Å². The van der Waals surface area contributed by atoms with Crippen molar-refractivity contribution in [2.75, 3.05) is 0 Å². The third kappa shape index (κ3) is 2.83. The summed E-state index contributed by atoms with van der Waals surface area (Å²) in [6.45, 7) is 3.67. The maximum Gasteiger partial charge on any atom is 0.282 e. The van der Waals surface area contributed by atoms with E-state index in [1.807, 2.05) is 0 Å². The van der Waals surface area contributed by atoms with Crippen molar-refractivity contribution in [3.8, 4) is 0 Å². The van der Waals surface area contributed by atoms with Gasteiger partial charge in [0.25, 0.3) is 11.6 Å². The van der Waals surface area contributed by atoms with Crippen molar-refractivity contribution >= 4 is 17.3 Å². The standard InChI is InChI=1S/C13H11N3O4/c1-9(12-7-4-8-20-12)14-15-13(17)10-5-2-3-6-11(10)16(18)19/h2-8,14H,1H2,(H,15,17). The quantitative estimate of drug-likeness (QED) is 0.642. The molecule has 0 unspecified atom stereocenters. The summed E-state index contributed by atoms with van der Waals surface area (Å²) in [4.78, 5) is 22.1. The summed E-state index contributed by atoms with van der Waals surface area (Å²) < 4.78 is 5.07. The molecule has 0 atom stereocenters. The lowest BCUT2D eigenvalue weighted by Gasteiger charge is -2.09. The zero-order valence-corrected chi connectivity index (χ0v) is 10.3. The van der Waals surface area contributed by atoms with Crippen LogP contribution in [0.25, 0.3) is 5.70 Å². The van der Waals surface area contributed by atoms with Crippen LogP contribution in [0.15, 0.2) is 53.7 Å². The second-order valence-corrected chi connectivity index (χ2v) is 3.81. The summed E-state index contributed by atoms with van der Waals surface area (Å²) in [6.07, 6.45) is 1.46. The van der Waals surface area contributed by atoms with Crippen LogP contribution in [0.5, 0.6) is 0 Å². The van der Waals surface area contributed by atoms with Crippen LogP contribution in [0.4, 0.5) is 5.69 Å². The van der Waals surface area contributed by atoms with Gasteiger partial charge in [-0.2, -0.15) is 0 Å². The maximum atomic E-state index is 11.9. The Balaban J connectivity index is 2.06. The number of nitrogens with one attached hydrogen (secondary N) is 2. The number of nitro benzene ring substituents is 1. The average Bonchev–Trinajstić information content (AvgIpc) is 2.98. The fourth-order valence-electron chi connectivity index (χ4n) is 1.54. The Hall–Kier alpha value is -3.09. The molecule has 1 heterocycles. The molecular formula is C13H11N3O4. The number of amides is 1. The van der Waals surface area contributed by atoms with Gasteiger partial charge >= 0.3 is 0 Å². The van der Waals surface area contributed by atoms with E-state index in [0.29, 0.717) is 11.5 Å². The van der Waals surface area contributed by atoms with E-state index in [1.165, 1.54) is 24.5 Å². The molecule has 0 bridgehead atoms. The molecule has 0 aliphatic heterocycles. The number of carbonyl (C=O) groups excluding carboxylic acids is 1. The number of benzene rings is 1. The Morgan fingerprint density at radius 3 is 2.60 bits per heavy atom. The summed E-state index contributed by atoms with van der Waals surface area (Å²) in [5, 5.41) is 10.8. The summed E-state index contributed by atoms with van der Waals surface area (Å²) in [6, 6.07) is 8.99. The normalized spacial score (nSPS) is 9.80. The fourth-order valence-corrected chi connectivity index (χ4v) is 1.54. The van der Waals surface area contributed by atoms with Crippen molar-refractivity contribution in [2.45, 2.75) is 0 Å². The van der Waals surface area contributed by atoms with Gasteiger partial charge in [0, 0.05) is 6.07 Å². The van der Waals surface area contributed by atoms with Crippen molar-refractivity contribution < 1.29 is 14.1 Å². The number of nitrogens with zero attached hydrogens (tertiary/aromatic N) is 1. The van der Waals surface area contributed by atoms with Crippen LogP contribution < -0.4 is 10.9 Å². The highest BCUT2D eigenvalue weighted by Gasteiger charge is 2.19. The molecule has 0 saturated heterocycles. The van der Waals surface area contributed by atoms with E-state index in [4.69, 9.17) is 4.42 Å². The second kappa shape index (κ2) is 5.70. The molecule has 0 fully saturated rings. The SMILES string of the molecule is C=C(NNC(=O)c1ccccc1[N+](=O)[O-])c1ccco1. The molecular weight excluding hydrogens is 262 g/mol. The van der Waals surface area contributed by atoms with Crippen LogP contribution >= 0.6 is 0 Å². The highest BCUT2D eigenvalue weighted by molar-refractivity contribution is 5.98. The van der Waals surface area contributed by atoms with Gasteiger partial charge in [-0.05, 0) is 18.2 Å². The highest BCUT2D eigenvalue weighted by Crippen LogP contribution is 2.17. The van der Waals surface area contributed by atoms with Gasteiger partial charge in [0.15, 0.2) is 5.76 Å². The van der Waals surface area contributed by atoms with Crippen molar-refractivity contribution in [3.63, 3.8) is 0 Å². The van der Waals surface area contributed by atoms with E-state index in [0.717, 1.165) is 0 Å². The van der Waals surface area contributed by atoms with Crippen LogP contribution in [0.3, 0.4) is 0 Å². The highest BCUT2D eigenvalue weighted by atomic mass is 16.6. The first kappa shape index (κ1) is 13.3. The molecule has 2 aromatic rings. The molecule has 0 saturated carbocycles. The summed E-state index contributed by atoms with van der Waals surface area (Å²) in [7, 11) is 0. The number of hydrazine groups is 1. The van der Waals surface area contributed by atoms with Crippen LogP contribution in [-0.4, -0.2) is 10.8 Å². The topological polar surface area (TPSA) is 97.4 Å². The summed E-state index contributed by atoms with van der Waals surface area (Å²) in [5.74, 6) is -0.183. The third-order valence-electron chi connectivity index (χ3n) is 2.49. The number of hydrogen-bond donors (Lipinski definition) is 2. The van der Waals surface area contributed by atoms with E-state index in [9.17, 15) is 14.9 Å². The minimum Gasteiger partial charge on any atom is -0.463 e. The number of para-hydroxylation sites is 1. The predicted octanol–water partition coefficient (Wildman–Crippen LogP) is 2.09. The van der Waals surface area contributed by atoms with E-state index in [-0.39, 0.29) is 11.3 Å². The van der Waals surface area contributed by atoms with E-state index in [1.54, 1.807) is 18.2 Å². The Morgan fingerprint density at radius 1 is 1.20 bits per heavy atom. The van der Waals surface area contributed by atoms with E-state index < -0.39 is 10.8 Å². The Morgan fingerprint density at radius 2 is 1.95 bits per heavy atom. The molecule has 2 rings (SSSR count). The number of carbonyl (C=O) groups is 1. The predicted molar refractivity (Wildman–Crippen MR) is 71.4 cm³/mol. The fraction of sp³-hybridized carbons (Fsp3) is 0. The van der Waals surface area contributed by atoms with Crippen molar-refractivity contribution in [2.24, 2.45) is 0 Å². The molecule has 102 valence electrons. The van der Waals surface area contributed by atoms with Gasteiger partial charge in [0.05, 0.1) is 16.9 Å². The molecule has 1 amide bonds. The van der Waals surface area contributed by atoms with Crippen LogP contribution in [0.2, 0.25) is 0 Å². The first-order valence-corrected chi connectivity index (χ1v) is 5.62. The number of hydrogen-bond acceptors (Lipinski definition) is 5. The van der Waals surface area contributed by atoms with Crippen molar-refractivity contribution in [3.05, 3.63) is 70.7 Å². The lowest BCUT2D eigenvalue weighted by Crippen LogP contribution is -2.36. The summed E-state index contributed by atoms with van der Waals surface area (Å²) in [5.41, 5.74) is 4.89. The first-order valence-electron chi connectivity index (χ1n) is 5.62. The van der Waals surface area contributed by atoms with Gasteiger partial charge in [-0.3, -0.25) is 25.8 Å².